The summed E-state index contributed by atoms with van der Waals surface area (Å²) < 4.78 is 18.7. The predicted octanol–water partition coefficient (Wildman–Crippen LogP) is 4.28. The largest absolute Gasteiger partial charge is 0.486 e. The topological polar surface area (TPSA) is 106 Å². The van der Waals surface area contributed by atoms with Gasteiger partial charge in [0.15, 0.2) is 17.6 Å². The highest BCUT2D eigenvalue weighted by atomic mass is 32.2. The van der Waals surface area contributed by atoms with Crippen LogP contribution in [0.25, 0.3) is 0 Å². The van der Waals surface area contributed by atoms with Gasteiger partial charge >= 0.3 is 0 Å². The maximum atomic E-state index is 14.4. The lowest BCUT2D eigenvalue weighted by Crippen LogP contribution is -2.59. The van der Waals surface area contributed by atoms with Crippen LogP contribution in [-0.4, -0.2) is 71.9 Å². The molecule has 0 radical (unpaired) electrons. The maximum Gasteiger partial charge on any atom is 0.246 e. The van der Waals surface area contributed by atoms with E-state index in [4.69, 9.17) is 14.2 Å². The summed E-state index contributed by atoms with van der Waals surface area (Å²) >= 11 is 1.59. The van der Waals surface area contributed by atoms with E-state index in [-0.39, 0.29) is 36.9 Å². The Bertz CT molecular complexity index is 1500. The summed E-state index contributed by atoms with van der Waals surface area (Å²) in [5.74, 6) is -0.379. The number of para-hydroxylation sites is 2. The van der Waals surface area contributed by atoms with Gasteiger partial charge in [0.05, 0.1) is 24.5 Å². The molecular weight excluding hydrogens is 578 g/mol. The molecular formula is C34H39N3O6S. The van der Waals surface area contributed by atoms with Gasteiger partial charge in [0, 0.05) is 16.6 Å². The lowest BCUT2D eigenvalue weighted by atomic mass is 9.73. The number of anilines is 1. The first-order chi connectivity index (χ1) is 21.3. The van der Waals surface area contributed by atoms with Crippen LogP contribution in [0.5, 0.6) is 11.5 Å². The number of carbonyl (C=O) groups is 3. The summed E-state index contributed by atoms with van der Waals surface area (Å²) in [6, 6.07) is 14.1. The van der Waals surface area contributed by atoms with E-state index in [0.717, 1.165) is 24.2 Å². The number of amides is 3. The van der Waals surface area contributed by atoms with Crippen molar-refractivity contribution < 1.29 is 28.6 Å². The van der Waals surface area contributed by atoms with E-state index in [2.05, 4.69) is 24.5 Å². The van der Waals surface area contributed by atoms with Gasteiger partial charge in [0.25, 0.3) is 0 Å². The third-order valence-electron chi connectivity index (χ3n) is 10.3. The second-order valence-corrected chi connectivity index (χ2v) is 13.7. The maximum absolute atomic E-state index is 14.4. The van der Waals surface area contributed by atoms with E-state index in [0.29, 0.717) is 29.0 Å². The Labute approximate surface area is 262 Å². The van der Waals surface area contributed by atoms with Crippen LogP contribution in [0.3, 0.4) is 0 Å². The normalized spacial score (nSPS) is 35.0. The molecule has 7 rings (SSSR count). The smallest absolute Gasteiger partial charge is 0.246 e. The molecule has 3 amide bonds. The standard InChI is InChI=1S/C34H39N3O6S/c1-19-8-6-11-24(20(19)2)36-32(39)30-34-15-14-27(43-34)28(31(38)35-21-9-7-10-23(16-21)44-3)29(34)33(40)37(30)17-22-18-41-25-12-4-5-13-26(25)42-22/h4-5,7,9-10,12-16,19-20,22,24,27-30H,6,8,11,17-18H2,1-3H3,(H,35,38)(H,36,39)/t19-,20+,22-,24-,27-,28+,29-,30-,34-/m1/s1. The molecule has 4 heterocycles. The molecule has 9 nitrogen and oxygen atoms in total. The number of nitrogens with one attached hydrogen (secondary N) is 2. The SMILES string of the molecule is CSc1cccc(NC(=O)[C@H]2[C@H]3C=C[C@@]4(O3)[C@H]2C(=O)N(C[C@@H]2COc3ccccc3O2)[C@@H]4C(=O)N[C@@H]2CCC[C@@H](C)[C@@H]2C)c1. The van der Waals surface area contributed by atoms with Crippen molar-refractivity contribution in [3.63, 3.8) is 0 Å². The highest BCUT2D eigenvalue weighted by Gasteiger charge is 2.73. The van der Waals surface area contributed by atoms with Crippen molar-refractivity contribution in [2.45, 2.75) is 67.9 Å². The van der Waals surface area contributed by atoms with Crippen LogP contribution >= 0.6 is 11.8 Å². The van der Waals surface area contributed by atoms with Crippen molar-refractivity contribution in [2.24, 2.45) is 23.7 Å². The molecule has 2 saturated heterocycles. The highest BCUT2D eigenvalue weighted by molar-refractivity contribution is 7.98. The number of rotatable bonds is 7. The molecule has 0 unspecified atom stereocenters. The Morgan fingerprint density at radius 2 is 1.89 bits per heavy atom. The van der Waals surface area contributed by atoms with Crippen molar-refractivity contribution >= 4 is 35.2 Å². The van der Waals surface area contributed by atoms with Gasteiger partial charge < -0.3 is 29.7 Å². The summed E-state index contributed by atoms with van der Waals surface area (Å²) in [4.78, 5) is 45.2. The van der Waals surface area contributed by atoms with Gasteiger partial charge in [-0.1, -0.05) is 57.0 Å². The average Bonchev–Trinajstić information content (AvgIpc) is 3.67. The van der Waals surface area contributed by atoms with E-state index in [1.54, 1.807) is 16.7 Å². The van der Waals surface area contributed by atoms with Crippen LogP contribution in [0.1, 0.15) is 33.1 Å². The third kappa shape index (κ3) is 4.86. The van der Waals surface area contributed by atoms with Crippen LogP contribution in [0.2, 0.25) is 0 Å². The third-order valence-corrected chi connectivity index (χ3v) is 11.0. The molecule has 0 aromatic heterocycles. The molecule has 9 atom stereocenters. The quantitative estimate of drug-likeness (QED) is 0.353. The Kier molecular flexibility index (Phi) is 7.61. The van der Waals surface area contributed by atoms with Crippen LogP contribution < -0.4 is 20.1 Å². The molecule has 1 aliphatic carbocycles. The summed E-state index contributed by atoms with van der Waals surface area (Å²) in [6.07, 6.45) is 7.66. The van der Waals surface area contributed by atoms with Gasteiger partial charge in [0.1, 0.15) is 18.2 Å². The van der Waals surface area contributed by atoms with Gasteiger partial charge in [-0.2, -0.15) is 0 Å². The van der Waals surface area contributed by atoms with Gasteiger partial charge in [-0.15, -0.1) is 11.8 Å². The molecule has 44 heavy (non-hydrogen) atoms. The number of fused-ring (bicyclic) bond motifs is 2. The summed E-state index contributed by atoms with van der Waals surface area (Å²) in [5, 5.41) is 6.33. The zero-order valence-corrected chi connectivity index (χ0v) is 26.0. The van der Waals surface area contributed by atoms with Crippen LogP contribution in [-0.2, 0) is 19.1 Å². The summed E-state index contributed by atoms with van der Waals surface area (Å²) in [5.41, 5.74) is -0.586. The zero-order valence-electron chi connectivity index (χ0n) is 25.2. The van der Waals surface area contributed by atoms with Gasteiger partial charge in [-0.3, -0.25) is 14.4 Å². The summed E-state index contributed by atoms with van der Waals surface area (Å²) in [7, 11) is 0. The molecule has 2 N–H and O–H groups in total. The number of thioether (sulfide) groups is 1. The Morgan fingerprint density at radius 3 is 2.70 bits per heavy atom. The first-order valence-electron chi connectivity index (χ1n) is 15.6. The molecule has 2 bridgehead atoms. The number of ether oxygens (including phenoxy) is 3. The molecule has 1 spiro atoms. The fourth-order valence-corrected chi connectivity index (χ4v) is 8.27. The lowest BCUT2D eigenvalue weighted by molar-refractivity contribution is -0.143. The number of benzene rings is 2. The molecule has 232 valence electrons. The van der Waals surface area contributed by atoms with Crippen molar-refractivity contribution in [2.75, 3.05) is 24.7 Å². The minimum atomic E-state index is -1.24. The first kappa shape index (κ1) is 29.2. The van der Waals surface area contributed by atoms with E-state index >= 15 is 0 Å². The molecule has 3 fully saturated rings. The van der Waals surface area contributed by atoms with E-state index in [9.17, 15) is 14.4 Å². The lowest BCUT2D eigenvalue weighted by Gasteiger charge is -2.38. The number of hydrogen-bond donors (Lipinski definition) is 2. The first-order valence-corrected chi connectivity index (χ1v) is 16.8. The Hall–Kier alpha value is -3.50. The minimum Gasteiger partial charge on any atom is -0.486 e. The summed E-state index contributed by atoms with van der Waals surface area (Å²) in [6.45, 7) is 4.77. The van der Waals surface area contributed by atoms with Crippen LogP contribution in [0.4, 0.5) is 5.69 Å². The second-order valence-electron chi connectivity index (χ2n) is 12.8. The molecule has 4 aliphatic heterocycles. The van der Waals surface area contributed by atoms with E-state index in [1.165, 1.54) is 0 Å². The number of likely N-dealkylation sites (tertiary alicyclic amines) is 1. The molecule has 2 aromatic carbocycles. The highest BCUT2D eigenvalue weighted by Crippen LogP contribution is 2.55. The predicted molar refractivity (Wildman–Crippen MR) is 167 cm³/mol. The van der Waals surface area contributed by atoms with E-state index in [1.807, 2.05) is 66.9 Å². The van der Waals surface area contributed by atoms with Crippen molar-refractivity contribution in [1.29, 1.82) is 0 Å². The van der Waals surface area contributed by atoms with Crippen molar-refractivity contribution in [3.8, 4) is 11.5 Å². The zero-order chi connectivity index (χ0) is 30.6. The number of nitrogens with zero attached hydrogens (tertiary/aromatic N) is 1. The minimum absolute atomic E-state index is 0.00480. The Balaban J connectivity index is 1.19. The average molecular weight is 618 g/mol. The number of hydrogen-bond acceptors (Lipinski definition) is 7. The monoisotopic (exact) mass is 617 g/mol. The van der Waals surface area contributed by atoms with Crippen LogP contribution in [0.15, 0.2) is 65.6 Å². The Morgan fingerprint density at radius 1 is 1.07 bits per heavy atom. The van der Waals surface area contributed by atoms with Crippen LogP contribution in [0, 0.1) is 23.7 Å². The van der Waals surface area contributed by atoms with E-state index < -0.39 is 35.7 Å². The fourth-order valence-electron chi connectivity index (χ4n) is 7.81. The molecule has 5 aliphatic rings. The molecule has 1 saturated carbocycles. The van der Waals surface area contributed by atoms with Crippen molar-refractivity contribution in [3.05, 3.63) is 60.7 Å². The fraction of sp³-hybridized carbons (Fsp3) is 0.500. The van der Waals surface area contributed by atoms with Gasteiger partial charge in [-0.25, -0.2) is 0 Å². The van der Waals surface area contributed by atoms with Crippen molar-refractivity contribution in [1.82, 2.24) is 10.2 Å². The molecule has 10 heteroatoms. The van der Waals surface area contributed by atoms with Gasteiger partial charge in [0.2, 0.25) is 17.7 Å². The second kappa shape index (κ2) is 11.5. The number of carbonyl (C=O) groups excluding carboxylic acids is 3. The van der Waals surface area contributed by atoms with Gasteiger partial charge in [-0.05, 0) is 54.8 Å². The molecule has 2 aromatic rings.